The van der Waals surface area contributed by atoms with Crippen LogP contribution in [0.3, 0.4) is 0 Å². The first-order valence-corrected chi connectivity index (χ1v) is 8.56. The van der Waals surface area contributed by atoms with Crippen molar-refractivity contribution in [2.75, 3.05) is 6.61 Å². The molecule has 0 amide bonds. The van der Waals surface area contributed by atoms with E-state index in [9.17, 15) is 8.42 Å². The third kappa shape index (κ3) is 3.72. The molecule has 22 heavy (non-hydrogen) atoms. The summed E-state index contributed by atoms with van der Waals surface area (Å²) in [7, 11) is -3.91. The van der Waals surface area contributed by atoms with Gasteiger partial charge in [-0.3, -0.25) is 0 Å². The average Bonchev–Trinajstić information content (AvgIpc) is 2.45. The van der Waals surface area contributed by atoms with E-state index in [2.05, 4.69) is 0 Å². The summed E-state index contributed by atoms with van der Waals surface area (Å²) in [5, 5.41) is 0.512. The molecule has 0 N–H and O–H groups in total. The highest BCUT2D eigenvalue weighted by molar-refractivity contribution is 7.87. The van der Waals surface area contributed by atoms with Crippen molar-refractivity contribution < 1.29 is 17.3 Å². The van der Waals surface area contributed by atoms with Gasteiger partial charge in [0.15, 0.2) is 0 Å². The van der Waals surface area contributed by atoms with Crippen LogP contribution in [0.15, 0.2) is 41.3 Å². The Morgan fingerprint density at radius 3 is 2.27 bits per heavy atom. The van der Waals surface area contributed by atoms with Crippen molar-refractivity contribution in [3.05, 3.63) is 52.5 Å². The number of hydrogen-bond donors (Lipinski definition) is 0. The van der Waals surface area contributed by atoms with Gasteiger partial charge in [0.2, 0.25) is 0 Å². The Kier molecular flexibility index (Phi) is 4.98. The van der Waals surface area contributed by atoms with Crippen LogP contribution in [-0.2, 0) is 10.1 Å². The lowest BCUT2D eigenvalue weighted by atomic mass is 10.1. The Morgan fingerprint density at radius 2 is 1.68 bits per heavy atom. The summed E-state index contributed by atoms with van der Waals surface area (Å²) in [6, 6.07) is 9.43. The van der Waals surface area contributed by atoms with Crippen LogP contribution in [0.2, 0.25) is 5.02 Å². The molecule has 0 spiro atoms. The van der Waals surface area contributed by atoms with Crippen molar-refractivity contribution in [3.8, 4) is 11.5 Å². The molecule has 0 aliphatic heterocycles. The van der Waals surface area contributed by atoms with Gasteiger partial charge in [0.25, 0.3) is 0 Å². The number of ether oxygens (including phenoxy) is 1. The number of hydrogen-bond acceptors (Lipinski definition) is 4. The molecule has 0 saturated heterocycles. The molecule has 6 heteroatoms. The largest absolute Gasteiger partial charge is 0.494 e. The second-order valence-electron chi connectivity index (χ2n) is 4.81. The van der Waals surface area contributed by atoms with Crippen molar-refractivity contribution in [2.24, 2.45) is 0 Å². The minimum Gasteiger partial charge on any atom is -0.494 e. The first-order valence-electron chi connectivity index (χ1n) is 6.77. The van der Waals surface area contributed by atoms with E-state index in [1.165, 1.54) is 12.1 Å². The summed E-state index contributed by atoms with van der Waals surface area (Å²) in [5.74, 6) is 0.890. The van der Waals surface area contributed by atoms with Gasteiger partial charge in [0, 0.05) is 5.02 Å². The van der Waals surface area contributed by atoms with Gasteiger partial charge in [-0.25, -0.2) is 0 Å². The van der Waals surface area contributed by atoms with E-state index in [4.69, 9.17) is 20.5 Å². The predicted molar refractivity (Wildman–Crippen MR) is 86.4 cm³/mol. The normalized spacial score (nSPS) is 11.3. The highest BCUT2D eigenvalue weighted by Crippen LogP contribution is 2.28. The lowest BCUT2D eigenvalue weighted by Gasteiger charge is -2.13. The fourth-order valence-electron chi connectivity index (χ4n) is 2.01. The Bertz CT molecular complexity index is 767. The van der Waals surface area contributed by atoms with Gasteiger partial charge in [-0.15, -0.1) is 0 Å². The highest BCUT2D eigenvalue weighted by Gasteiger charge is 2.21. The molecule has 0 bridgehead atoms. The predicted octanol–water partition coefficient (Wildman–Crippen LogP) is 4.12. The number of rotatable bonds is 5. The molecule has 2 aromatic rings. The fourth-order valence-corrected chi connectivity index (χ4v) is 3.36. The molecular formula is C16H17ClO4S. The van der Waals surface area contributed by atoms with Crippen LogP contribution in [0.4, 0.5) is 0 Å². The molecule has 0 aromatic heterocycles. The van der Waals surface area contributed by atoms with Gasteiger partial charge >= 0.3 is 10.1 Å². The molecule has 2 rings (SSSR count). The van der Waals surface area contributed by atoms with E-state index in [0.717, 1.165) is 5.56 Å². The Morgan fingerprint density at radius 1 is 1.05 bits per heavy atom. The number of aryl methyl sites for hydroxylation is 2. The topological polar surface area (TPSA) is 52.6 Å². The summed E-state index contributed by atoms with van der Waals surface area (Å²) in [4.78, 5) is 0.128. The zero-order valence-corrected chi connectivity index (χ0v) is 14.2. The lowest BCUT2D eigenvalue weighted by molar-refractivity contribution is 0.337. The summed E-state index contributed by atoms with van der Waals surface area (Å²) in [6.07, 6.45) is 0. The zero-order valence-electron chi connectivity index (χ0n) is 12.6. The molecular weight excluding hydrogens is 324 g/mol. The minimum atomic E-state index is -3.91. The smallest absolute Gasteiger partial charge is 0.339 e. The molecule has 4 nitrogen and oxygen atoms in total. The van der Waals surface area contributed by atoms with Gasteiger partial charge in [0.05, 0.1) is 6.61 Å². The van der Waals surface area contributed by atoms with Crippen LogP contribution >= 0.6 is 11.6 Å². The maximum absolute atomic E-state index is 12.4. The Balaban J connectivity index is 2.37. The van der Waals surface area contributed by atoms with Gasteiger partial charge < -0.3 is 8.92 Å². The first kappa shape index (κ1) is 16.6. The van der Waals surface area contributed by atoms with Gasteiger partial charge in [-0.1, -0.05) is 11.6 Å². The van der Waals surface area contributed by atoms with Crippen LogP contribution in [0, 0.1) is 13.8 Å². The van der Waals surface area contributed by atoms with Crippen molar-refractivity contribution >= 4 is 21.7 Å². The summed E-state index contributed by atoms with van der Waals surface area (Å²) < 4.78 is 35.5. The van der Waals surface area contributed by atoms with E-state index in [1.807, 2.05) is 6.92 Å². The lowest BCUT2D eigenvalue weighted by Crippen LogP contribution is -2.12. The number of halogens is 1. The third-order valence-corrected chi connectivity index (χ3v) is 4.70. The van der Waals surface area contributed by atoms with Crippen molar-refractivity contribution in [2.45, 2.75) is 25.7 Å². The molecule has 0 aliphatic carbocycles. The molecule has 118 valence electrons. The third-order valence-electron chi connectivity index (χ3n) is 3.06. The zero-order chi connectivity index (χ0) is 16.3. The Hall–Kier alpha value is -1.72. The quantitative estimate of drug-likeness (QED) is 0.768. The van der Waals surface area contributed by atoms with Gasteiger partial charge in [-0.05, 0) is 68.3 Å². The van der Waals surface area contributed by atoms with Crippen molar-refractivity contribution in [3.63, 3.8) is 0 Å². The van der Waals surface area contributed by atoms with E-state index in [1.54, 1.807) is 38.1 Å². The van der Waals surface area contributed by atoms with E-state index >= 15 is 0 Å². The monoisotopic (exact) mass is 340 g/mol. The minimum absolute atomic E-state index is 0.128. The standard InChI is InChI=1S/C16H17ClO4S/c1-4-20-15-9-12(3)16(10-11(15)2)22(18,19)21-14-7-5-13(17)6-8-14/h5-10H,4H2,1-3H3. The maximum Gasteiger partial charge on any atom is 0.339 e. The van der Waals surface area contributed by atoms with Crippen LogP contribution in [0.25, 0.3) is 0 Å². The van der Waals surface area contributed by atoms with E-state index in [0.29, 0.717) is 22.9 Å². The summed E-state index contributed by atoms with van der Waals surface area (Å²) in [5.41, 5.74) is 1.31. The van der Waals surface area contributed by atoms with Crippen LogP contribution < -0.4 is 8.92 Å². The number of benzene rings is 2. The Labute approximate surface area is 135 Å². The second kappa shape index (κ2) is 6.58. The van der Waals surface area contributed by atoms with Crippen LogP contribution in [0.5, 0.6) is 11.5 Å². The van der Waals surface area contributed by atoms with E-state index in [-0.39, 0.29) is 10.6 Å². The van der Waals surface area contributed by atoms with Crippen LogP contribution in [0.1, 0.15) is 18.1 Å². The second-order valence-corrected chi connectivity index (χ2v) is 6.76. The molecule has 0 heterocycles. The molecule has 0 saturated carbocycles. The van der Waals surface area contributed by atoms with Crippen molar-refractivity contribution in [1.29, 1.82) is 0 Å². The molecule has 0 unspecified atom stereocenters. The average molecular weight is 341 g/mol. The van der Waals surface area contributed by atoms with Crippen molar-refractivity contribution in [1.82, 2.24) is 0 Å². The molecule has 0 atom stereocenters. The first-order chi connectivity index (χ1) is 10.3. The molecule has 0 aliphatic rings. The van der Waals surface area contributed by atoms with E-state index < -0.39 is 10.1 Å². The molecule has 0 fully saturated rings. The highest BCUT2D eigenvalue weighted by atomic mass is 35.5. The molecule has 0 radical (unpaired) electrons. The fraction of sp³-hybridized carbons (Fsp3) is 0.250. The molecule has 2 aromatic carbocycles. The van der Waals surface area contributed by atoms with Crippen LogP contribution in [-0.4, -0.2) is 15.0 Å². The van der Waals surface area contributed by atoms with Gasteiger partial charge in [0.1, 0.15) is 16.4 Å². The van der Waals surface area contributed by atoms with Gasteiger partial charge in [-0.2, -0.15) is 8.42 Å². The summed E-state index contributed by atoms with van der Waals surface area (Å²) >= 11 is 5.77. The summed E-state index contributed by atoms with van der Waals surface area (Å²) in [6.45, 7) is 5.91. The SMILES string of the molecule is CCOc1cc(C)c(S(=O)(=O)Oc2ccc(Cl)cc2)cc1C. The maximum atomic E-state index is 12.4.